The zero-order valence-electron chi connectivity index (χ0n) is 22.2. The predicted molar refractivity (Wildman–Crippen MR) is 149 cm³/mol. The second-order valence-corrected chi connectivity index (χ2v) is 12.3. The molecule has 40 heavy (non-hydrogen) atoms. The molecule has 2 aromatic heterocycles. The van der Waals surface area contributed by atoms with Gasteiger partial charge in [-0.25, -0.2) is 13.4 Å². The maximum atomic E-state index is 13.3. The molecule has 2 N–H and O–H groups in total. The summed E-state index contributed by atoms with van der Waals surface area (Å²) in [7, 11) is -3.95. The fourth-order valence-electron chi connectivity index (χ4n) is 4.42. The number of pyridine rings is 1. The number of benzene rings is 1. The van der Waals surface area contributed by atoms with Crippen LogP contribution >= 0.6 is 11.6 Å². The van der Waals surface area contributed by atoms with Gasteiger partial charge in [-0.05, 0) is 73.7 Å². The summed E-state index contributed by atoms with van der Waals surface area (Å²) in [6, 6.07) is 12.9. The van der Waals surface area contributed by atoms with Crippen molar-refractivity contribution in [3.05, 3.63) is 71.6 Å². The first-order valence-electron chi connectivity index (χ1n) is 13.0. The Kier molecular flexibility index (Phi) is 9.39. The van der Waals surface area contributed by atoms with Crippen molar-refractivity contribution in [1.29, 1.82) is 0 Å². The molecular formula is C28H31ClN4O6S. The molecule has 2 atom stereocenters. The number of nitrogens with one attached hydrogen (secondary N) is 2. The van der Waals surface area contributed by atoms with Crippen molar-refractivity contribution < 1.29 is 27.2 Å². The van der Waals surface area contributed by atoms with Crippen molar-refractivity contribution in [3.8, 4) is 11.3 Å². The number of ketones is 1. The Morgan fingerprint density at radius 2 is 1.88 bits per heavy atom. The van der Waals surface area contributed by atoms with E-state index in [4.69, 9.17) is 16.0 Å². The quantitative estimate of drug-likeness (QED) is 0.390. The average molecular weight is 587 g/mol. The first-order chi connectivity index (χ1) is 19.0. The third-order valence-corrected chi connectivity index (χ3v) is 8.48. The second-order valence-electron chi connectivity index (χ2n) is 10.0. The molecule has 0 radical (unpaired) electrons. The molecule has 1 aromatic carbocycles. The van der Waals surface area contributed by atoms with Gasteiger partial charge in [-0.3, -0.25) is 14.4 Å². The van der Waals surface area contributed by atoms with E-state index < -0.39 is 39.7 Å². The van der Waals surface area contributed by atoms with Gasteiger partial charge in [-0.15, -0.1) is 0 Å². The van der Waals surface area contributed by atoms with Gasteiger partial charge >= 0.3 is 0 Å². The maximum Gasteiger partial charge on any atom is 0.287 e. The van der Waals surface area contributed by atoms with E-state index in [0.29, 0.717) is 23.6 Å². The molecule has 3 aromatic rings. The molecule has 12 heteroatoms. The van der Waals surface area contributed by atoms with Crippen molar-refractivity contribution in [2.75, 3.05) is 13.1 Å². The van der Waals surface area contributed by atoms with Gasteiger partial charge in [0.2, 0.25) is 5.91 Å². The topological polar surface area (TPSA) is 139 Å². The van der Waals surface area contributed by atoms with Crippen LogP contribution in [0.4, 0.5) is 0 Å². The number of rotatable bonds is 9. The summed E-state index contributed by atoms with van der Waals surface area (Å²) in [5.74, 6) is -0.958. The number of nitrogens with zero attached hydrogens (tertiary/aromatic N) is 2. The Morgan fingerprint density at radius 1 is 1.12 bits per heavy atom. The average Bonchev–Trinajstić information content (AvgIpc) is 3.35. The number of furan rings is 1. The summed E-state index contributed by atoms with van der Waals surface area (Å²) in [5.41, 5.74) is 0.742. The molecule has 0 bridgehead atoms. The third kappa shape index (κ3) is 7.15. The monoisotopic (exact) mass is 586 g/mol. The number of halogens is 1. The summed E-state index contributed by atoms with van der Waals surface area (Å²) in [6.07, 6.45) is 2.33. The lowest BCUT2D eigenvalue weighted by Gasteiger charge is -2.23. The van der Waals surface area contributed by atoms with Gasteiger partial charge in [0.05, 0.1) is 12.6 Å². The number of carbonyl (C=O) groups is 3. The molecule has 3 heterocycles. The molecule has 0 aliphatic carbocycles. The number of sulfonamides is 1. The van der Waals surface area contributed by atoms with Crippen LogP contribution in [0.5, 0.6) is 0 Å². The standard InChI is InChI=1S/C28H31ClN4O6S/c1-18(2)16-22(32-28(36)25-13-12-24(39-25)19-8-10-20(29)11-9-19)27(35)31-21-6-5-15-33(17-23(21)34)40(37,38)26-7-3-4-14-30-26/h3-4,7-14,18,21-22H,5-6,15-17H2,1-2H3,(H,31,35)(H,32,36)/t21?,22-/m0/s1. The molecular weight excluding hydrogens is 556 g/mol. The van der Waals surface area contributed by atoms with E-state index in [1.807, 2.05) is 13.8 Å². The fraction of sp³-hybridized carbons (Fsp3) is 0.357. The van der Waals surface area contributed by atoms with E-state index in [1.165, 1.54) is 18.3 Å². The number of hydrogen-bond acceptors (Lipinski definition) is 7. The Hall–Kier alpha value is -3.54. The number of carbonyl (C=O) groups excluding carboxylic acids is 3. The fourth-order valence-corrected chi connectivity index (χ4v) is 5.92. The van der Waals surface area contributed by atoms with Crippen LogP contribution in [-0.2, 0) is 19.6 Å². The SMILES string of the molecule is CC(C)C[C@H](NC(=O)c1ccc(-c2ccc(Cl)cc2)o1)C(=O)NC1CCCN(S(=O)(=O)c2ccccn2)CC1=O. The minimum atomic E-state index is -3.95. The first-order valence-corrected chi connectivity index (χ1v) is 14.8. The molecule has 0 saturated carbocycles. The molecule has 2 amide bonds. The van der Waals surface area contributed by atoms with Crippen molar-refractivity contribution in [1.82, 2.24) is 19.9 Å². The van der Waals surface area contributed by atoms with Crippen molar-refractivity contribution >= 4 is 39.2 Å². The predicted octanol–water partition coefficient (Wildman–Crippen LogP) is 3.68. The molecule has 212 valence electrons. The van der Waals surface area contributed by atoms with Gasteiger partial charge < -0.3 is 15.1 Å². The van der Waals surface area contributed by atoms with Crippen molar-refractivity contribution in [3.63, 3.8) is 0 Å². The Morgan fingerprint density at radius 3 is 2.55 bits per heavy atom. The largest absolute Gasteiger partial charge is 0.451 e. The highest BCUT2D eigenvalue weighted by Crippen LogP contribution is 2.24. The summed E-state index contributed by atoms with van der Waals surface area (Å²) < 4.78 is 32.7. The molecule has 1 fully saturated rings. The highest BCUT2D eigenvalue weighted by Gasteiger charge is 2.35. The number of Topliss-reactive ketones (excluding diaryl/α,β-unsaturated/α-hetero) is 1. The second kappa shape index (κ2) is 12.8. The smallest absolute Gasteiger partial charge is 0.287 e. The number of amides is 2. The zero-order chi connectivity index (χ0) is 28.9. The van der Waals surface area contributed by atoms with Crippen LogP contribution in [0.25, 0.3) is 11.3 Å². The molecule has 1 aliphatic rings. The lowest BCUT2D eigenvalue weighted by atomic mass is 10.0. The van der Waals surface area contributed by atoms with Gasteiger partial charge in [0.15, 0.2) is 16.6 Å². The Labute approximate surface area is 238 Å². The van der Waals surface area contributed by atoms with Crippen LogP contribution in [0.3, 0.4) is 0 Å². The van der Waals surface area contributed by atoms with Crippen molar-refractivity contribution in [2.45, 2.75) is 50.2 Å². The van der Waals surface area contributed by atoms with Crippen LogP contribution in [-0.4, -0.2) is 60.5 Å². The van der Waals surface area contributed by atoms with E-state index in [1.54, 1.807) is 42.5 Å². The lowest BCUT2D eigenvalue weighted by Crippen LogP contribution is -2.52. The van der Waals surface area contributed by atoms with Gasteiger partial charge in [0.1, 0.15) is 11.8 Å². The summed E-state index contributed by atoms with van der Waals surface area (Å²) in [5, 5.41) is 5.89. The first kappa shape index (κ1) is 29.4. The molecule has 0 spiro atoms. The molecule has 1 saturated heterocycles. The van der Waals surface area contributed by atoms with Crippen LogP contribution in [0.1, 0.15) is 43.7 Å². The highest BCUT2D eigenvalue weighted by atomic mass is 35.5. The van der Waals surface area contributed by atoms with E-state index >= 15 is 0 Å². The van der Waals surface area contributed by atoms with Crippen molar-refractivity contribution in [2.24, 2.45) is 5.92 Å². The van der Waals surface area contributed by atoms with E-state index in [-0.39, 0.29) is 36.2 Å². The van der Waals surface area contributed by atoms with Crippen LogP contribution in [0, 0.1) is 5.92 Å². The van der Waals surface area contributed by atoms with Crippen LogP contribution in [0.15, 0.2) is 70.2 Å². The zero-order valence-corrected chi connectivity index (χ0v) is 23.7. The van der Waals surface area contributed by atoms with E-state index in [2.05, 4.69) is 15.6 Å². The van der Waals surface area contributed by atoms with E-state index in [0.717, 1.165) is 9.87 Å². The molecule has 1 unspecified atom stereocenters. The van der Waals surface area contributed by atoms with Gasteiger partial charge in [-0.2, -0.15) is 4.31 Å². The molecule has 10 nitrogen and oxygen atoms in total. The Balaban J connectivity index is 1.42. The minimum Gasteiger partial charge on any atom is -0.451 e. The minimum absolute atomic E-state index is 0.0346. The van der Waals surface area contributed by atoms with Gasteiger partial charge in [-0.1, -0.05) is 31.5 Å². The Bertz CT molecular complexity index is 1460. The lowest BCUT2D eigenvalue weighted by molar-refractivity contribution is -0.129. The van der Waals surface area contributed by atoms with E-state index in [9.17, 15) is 22.8 Å². The normalized spacial score (nSPS) is 17.3. The van der Waals surface area contributed by atoms with Crippen LogP contribution < -0.4 is 10.6 Å². The number of hydrogen-bond donors (Lipinski definition) is 2. The molecule has 4 rings (SSSR count). The summed E-state index contributed by atoms with van der Waals surface area (Å²) >= 11 is 5.94. The van der Waals surface area contributed by atoms with Crippen LogP contribution in [0.2, 0.25) is 5.02 Å². The summed E-state index contributed by atoms with van der Waals surface area (Å²) in [4.78, 5) is 43.2. The number of aromatic nitrogens is 1. The van der Waals surface area contributed by atoms with Gasteiger partial charge in [0, 0.05) is 23.3 Å². The maximum absolute atomic E-state index is 13.3. The molecule has 1 aliphatic heterocycles. The summed E-state index contributed by atoms with van der Waals surface area (Å²) in [6.45, 7) is 3.56. The highest BCUT2D eigenvalue weighted by molar-refractivity contribution is 7.89. The van der Waals surface area contributed by atoms with Gasteiger partial charge in [0.25, 0.3) is 15.9 Å². The third-order valence-electron chi connectivity index (χ3n) is 6.47.